The minimum Gasteiger partial charge on any atom is -0.480 e. The van der Waals surface area contributed by atoms with Gasteiger partial charge in [-0.15, -0.1) is 0 Å². The van der Waals surface area contributed by atoms with Gasteiger partial charge in [-0.25, -0.2) is 4.79 Å². The second-order valence-corrected chi connectivity index (χ2v) is 8.92. The van der Waals surface area contributed by atoms with Gasteiger partial charge in [-0.3, -0.25) is 19.3 Å². The Hall–Kier alpha value is -2.36. The molecule has 2 rings (SSSR count). The van der Waals surface area contributed by atoms with Gasteiger partial charge in [0.25, 0.3) is 0 Å². The van der Waals surface area contributed by atoms with E-state index in [4.69, 9.17) is 9.84 Å². The van der Waals surface area contributed by atoms with Gasteiger partial charge in [0.05, 0.1) is 0 Å². The molecule has 10 nitrogen and oxygen atoms in total. The van der Waals surface area contributed by atoms with Crippen LogP contribution in [0.15, 0.2) is 0 Å². The van der Waals surface area contributed by atoms with Crippen LogP contribution in [-0.4, -0.2) is 113 Å². The number of ether oxygens (including phenoxy) is 1. The molecular weight excluding hydrogens is 392 g/mol. The van der Waals surface area contributed by atoms with Crippen molar-refractivity contribution in [3.63, 3.8) is 0 Å². The second kappa shape index (κ2) is 10.1. The summed E-state index contributed by atoms with van der Waals surface area (Å²) in [5, 5.41) is 9.04. The number of carbonyl (C=O) groups excluding carboxylic acids is 3. The number of hydrogen-bond donors (Lipinski definition) is 1. The molecule has 0 aromatic heterocycles. The van der Waals surface area contributed by atoms with E-state index in [0.29, 0.717) is 52.1 Å². The molecule has 2 aliphatic heterocycles. The van der Waals surface area contributed by atoms with E-state index in [1.165, 1.54) is 9.80 Å². The summed E-state index contributed by atoms with van der Waals surface area (Å²) in [7, 11) is 1.88. The average molecular weight is 427 g/mol. The fourth-order valence-electron chi connectivity index (χ4n) is 3.46. The fraction of sp³-hybridized carbons (Fsp3) is 0.800. The Balaban J connectivity index is 2.01. The third-order valence-electron chi connectivity index (χ3n) is 5.25. The van der Waals surface area contributed by atoms with Crippen molar-refractivity contribution in [2.24, 2.45) is 0 Å². The summed E-state index contributed by atoms with van der Waals surface area (Å²) >= 11 is 0. The number of likely N-dealkylation sites (tertiary alicyclic amines) is 1. The molecule has 10 heteroatoms. The third kappa shape index (κ3) is 6.86. The molecule has 2 fully saturated rings. The Bertz CT molecular complexity index is 662. The largest absolute Gasteiger partial charge is 0.480 e. The molecule has 0 spiro atoms. The summed E-state index contributed by atoms with van der Waals surface area (Å²) in [5.41, 5.74) is -0.625. The van der Waals surface area contributed by atoms with Gasteiger partial charge in [0.1, 0.15) is 18.2 Å². The Morgan fingerprint density at radius 2 is 1.73 bits per heavy atom. The maximum atomic E-state index is 13.1. The molecule has 0 aliphatic carbocycles. The SMILES string of the molecule is CN1CCN(CC(=O)O)C(=O)CCCN(C(=O)[C@@H]2CCN2C(=O)OC(C)(C)C)CC1. The van der Waals surface area contributed by atoms with Gasteiger partial charge in [0.2, 0.25) is 11.8 Å². The number of nitrogens with zero attached hydrogens (tertiary/aromatic N) is 4. The molecule has 0 aromatic rings. The van der Waals surface area contributed by atoms with Gasteiger partial charge in [0, 0.05) is 45.7 Å². The van der Waals surface area contributed by atoms with E-state index in [9.17, 15) is 19.2 Å². The number of likely N-dealkylation sites (N-methyl/N-ethyl adjacent to an activating group) is 1. The lowest BCUT2D eigenvalue weighted by atomic mass is 10.0. The summed E-state index contributed by atoms with van der Waals surface area (Å²) in [6.07, 6.45) is 0.738. The zero-order valence-electron chi connectivity index (χ0n) is 18.4. The molecule has 0 saturated carbocycles. The normalized spacial score (nSPS) is 22.2. The zero-order valence-corrected chi connectivity index (χ0v) is 18.4. The highest BCUT2D eigenvalue weighted by Crippen LogP contribution is 2.23. The molecule has 2 heterocycles. The van der Waals surface area contributed by atoms with Crippen LogP contribution < -0.4 is 0 Å². The van der Waals surface area contributed by atoms with Gasteiger partial charge in [-0.1, -0.05) is 0 Å². The van der Waals surface area contributed by atoms with Gasteiger partial charge in [-0.2, -0.15) is 0 Å². The van der Waals surface area contributed by atoms with E-state index in [-0.39, 0.29) is 24.8 Å². The Morgan fingerprint density at radius 3 is 2.30 bits per heavy atom. The van der Waals surface area contributed by atoms with E-state index in [0.717, 1.165) is 0 Å². The van der Waals surface area contributed by atoms with Crippen molar-refractivity contribution in [2.75, 3.05) is 52.9 Å². The molecule has 1 N–H and O–H groups in total. The Kier molecular flexibility index (Phi) is 8.05. The van der Waals surface area contributed by atoms with Crippen LogP contribution in [0.5, 0.6) is 0 Å². The number of carbonyl (C=O) groups is 4. The van der Waals surface area contributed by atoms with Crippen molar-refractivity contribution in [3.8, 4) is 0 Å². The van der Waals surface area contributed by atoms with Crippen LogP contribution in [0.3, 0.4) is 0 Å². The molecule has 0 bridgehead atoms. The van der Waals surface area contributed by atoms with Gasteiger partial charge >= 0.3 is 12.1 Å². The number of aliphatic carboxylic acids is 1. The van der Waals surface area contributed by atoms with Gasteiger partial charge in [-0.05, 0) is 40.7 Å². The number of hydrogen-bond acceptors (Lipinski definition) is 6. The lowest BCUT2D eigenvalue weighted by Crippen LogP contribution is -2.60. The molecule has 2 saturated heterocycles. The van der Waals surface area contributed by atoms with Crippen LogP contribution in [0.2, 0.25) is 0 Å². The molecular formula is C20H34N4O6. The minimum atomic E-state index is -1.04. The van der Waals surface area contributed by atoms with Crippen molar-refractivity contribution < 1.29 is 29.0 Å². The Labute approximate surface area is 177 Å². The monoisotopic (exact) mass is 426 g/mol. The summed E-state index contributed by atoms with van der Waals surface area (Å²) < 4.78 is 5.39. The van der Waals surface area contributed by atoms with Crippen molar-refractivity contribution in [1.82, 2.24) is 19.6 Å². The first-order valence-corrected chi connectivity index (χ1v) is 10.4. The molecule has 3 amide bonds. The average Bonchev–Trinajstić information content (AvgIpc) is 2.60. The topological polar surface area (TPSA) is 111 Å². The number of amides is 3. The molecule has 170 valence electrons. The van der Waals surface area contributed by atoms with Gasteiger partial charge in [0.15, 0.2) is 0 Å². The van der Waals surface area contributed by atoms with Crippen molar-refractivity contribution in [2.45, 2.75) is 51.7 Å². The standard InChI is InChI=1S/C20H34N4O6/c1-20(2,3)30-19(29)24-9-7-15(24)18(28)22-8-5-6-16(25)23(14-17(26)27)13-11-21(4)10-12-22/h15H,5-14H2,1-4H3,(H,26,27)/t15-/m0/s1. The summed E-state index contributed by atoms with van der Waals surface area (Å²) in [6, 6.07) is -0.533. The highest BCUT2D eigenvalue weighted by atomic mass is 16.6. The van der Waals surface area contributed by atoms with Crippen LogP contribution in [0.1, 0.15) is 40.0 Å². The van der Waals surface area contributed by atoms with E-state index in [2.05, 4.69) is 0 Å². The lowest BCUT2D eigenvalue weighted by molar-refractivity contribution is -0.144. The van der Waals surface area contributed by atoms with E-state index in [1.54, 1.807) is 25.7 Å². The van der Waals surface area contributed by atoms with Crippen LogP contribution in [0, 0.1) is 0 Å². The maximum Gasteiger partial charge on any atom is 0.410 e. The predicted octanol–water partition coefficient (Wildman–Crippen LogP) is 0.463. The Morgan fingerprint density at radius 1 is 1.07 bits per heavy atom. The third-order valence-corrected chi connectivity index (χ3v) is 5.25. The summed E-state index contributed by atoms with van der Waals surface area (Å²) in [6.45, 7) is 7.86. The number of rotatable bonds is 3. The lowest BCUT2D eigenvalue weighted by Gasteiger charge is -2.42. The van der Waals surface area contributed by atoms with Crippen molar-refractivity contribution in [1.29, 1.82) is 0 Å². The molecule has 2 aliphatic rings. The first-order valence-electron chi connectivity index (χ1n) is 10.4. The number of carboxylic acids is 1. The van der Waals surface area contributed by atoms with Crippen LogP contribution in [0.25, 0.3) is 0 Å². The van der Waals surface area contributed by atoms with Crippen molar-refractivity contribution in [3.05, 3.63) is 0 Å². The van der Waals surface area contributed by atoms with Gasteiger partial charge < -0.3 is 24.5 Å². The smallest absolute Gasteiger partial charge is 0.410 e. The quantitative estimate of drug-likeness (QED) is 0.698. The molecule has 0 unspecified atom stereocenters. The highest BCUT2D eigenvalue weighted by Gasteiger charge is 2.41. The van der Waals surface area contributed by atoms with Crippen LogP contribution in [-0.2, 0) is 19.1 Å². The number of carboxylic acid groups (broad SMARTS) is 1. The molecule has 0 radical (unpaired) electrons. The second-order valence-electron chi connectivity index (χ2n) is 8.92. The molecule has 1 atom stereocenters. The van der Waals surface area contributed by atoms with E-state index >= 15 is 0 Å². The highest BCUT2D eigenvalue weighted by molar-refractivity contribution is 5.87. The molecule has 0 aromatic carbocycles. The van der Waals surface area contributed by atoms with Crippen LogP contribution in [0.4, 0.5) is 4.79 Å². The first-order chi connectivity index (χ1) is 14.0. The fourth-order valence-corrected chi connectivity index (χ4v) is 3.46. The molecule has 30 heavy (non-hydrogen) atoms. The van der Waals surface area contributed by atoms with Crippen molar-refractivity contribution >= 4 is 23.9 Å². The predicted molar refractivity (Wildman–Crippen MR) is 109 cm³/mol. The minimum absolute atomic E-state index is 0.130. The zero-order chi connectivity index (χ0) is 22.5. The summed E-state index contributed by atoms with van der Waals surface area (Å²) in [4.78, 5) is 55.4. The van der Waals surface area contributed by atoms with E-state index < -0.39 is 23.7 Å². The summed E-state index contributed by atoms with van der Waals surface area (Å²) in [5.74, 6) is -1.39. The first kappa shape index (κ1) is 23.9. The van der Waals surface area contributed by atoms with Crippen LogP contribution >= 0.6 is 0 Å². The maximum absolute atomic E-state index is 13.1. The van der Waals surface area contributed by atoms with E-state index in [1.807, 2.05) is 11.9 Å².